The van der Waals surface area contributed by atoms with Gasteiger partial charge < -0.3 is 15.5 Å². The fraction of sp³-hybridized carbons (Fsp3) is 0.350. The van der Waals surface area contributed by atoms with Crippen LogP contribution in [0.5, 0.6) is 0 Å². The Kier molecular flexibility index (Phi) is 5.97. The van der Waals surface area contributed by atoms with Crippen LogP contribution in [0, 0.1) is 0 Å². The van der Waals surface area contributed by atoms with E-state index in [4.69, 9.17) is 5.73 Å². The maximum absolute atomic E-state index is 12.5. The summed E-state index contributed by atoms with van der Waals surface area (Å²) < 4.78 is 1.31. The van der Waals surface area contributed by atoms with Gasteiger partial charge in [0.05, 0.1) is 11.2 Å². The van der Waals surface area contributed by atoms with Crippen LogP contribution >= 0.6 is 0 Å². The van der Waals surface area contributed by atoms with Crippen molar-refractivity contribution < 1.29 is 14.4 Å². The lowest BCUT2D eigenvalue weighted by atomic mass is 10.1. The second kappa shape index (κ2) is 8.46. The first-order valence-corrected chi connectivity index (χ1v) is 9.48. The Morgan fingerprint density at radius 1 is 1.07 bits per heavy atom. The van der Waals surface area contributed by atoms with Crippen LogP contribution in [0.15, 0.2) is 41.3 Å². The Morgan fingerprint density at radius 3 is 2.20 bits per heavy atom. The Labute approximate surface area is 173 Å². The number of aldehydes is 1. The van der Waals surface area contributed by atoms with Gasteiger partial charge in [0.2, 0.25) is 5.91 Å². The van der Waals surface area contributed by atoms with E-state index < -0.39 is 17.3 Å². The fourth-order valence-electron chi connectivity index (χ4n) is 3.09. The number of carbonyl (C=O) groups is 3. The van der Waals surface area contributed by atoms with Gasteiger partial charge >= 0.3 is 11.7 Å². The number of nitrogens with zero attached hydrogens (tertiary/aromatic N) is 4. The lowest BCUT2D eigenvalue weighted by Gasteiger charge is -2.37. The summed E-state index contributed by atoms with van der Waals surface area (Å²) in [6.07, 6.45) is 2.22. The summed E-state index contributed by atoms with van der Waals surface area (Å²) in [7, 11) is 0. The topological polar surface area (TPSA) is 131 Å². The van der Waals surface area contributed by atoms with Gasteiger partial charge in [-0.15, -0.1) is 0 Å². The SMILES string of the molecule is CC(C)(N)C(=O)N1CCN(C(=O)Nc2ccn(-c3ccc(C=O)cc3)c(=O)n2)CC1. The number of hydrogen-bond donors (Lipinski definition) is 2. The molecule has 1 fully saturated rings. The van der Waals surface area contributed by atoms with Crippen LogP contribution in [-0.2, 0) is 4.79 Å². The average Bonchev–Trinajstić information content (AvgIpc) is 2.73. The molecule has 1 aromatic heterocycles. The van der Waals surface area contributed by atoms with Gasteiger partial charge in [-0.1, -0.05) is 0 Å². The number of aromatic nitrogens is 2. The van der Waals surface area contributed by atoms with E-state index in [1.54, 1.807) is 47.9 Å². The Bertz CT molecular complexity index is 1000. The summed E-state index contributed by atoms with van der Waals surface area (Å²) in [6, 6.07) is 7.59. The largest absolute Gasteiger partial charge is 0.354 e. The molecule has 0 atom stereocenters. The Balaban J connectivity index is 1.62. The molecule has 0 bridgehead atoms. The Morgan fingerprint density at radius 2 is 1.67 bits per heavy atom. The Hall–Kier alpha value is -3.53. The van der Waals surface area contributed by atoms with Crippen molar-refractivity contribution >= 4 is 24.0 Å². The molecule has 1 aliphatic heterocycles. The maximum atomic E-state index is 12.5. The van der Waals surface area contributed by atoms with Crippen LogP contribution in [-0.4, -0.2) is 69.3 Å². The monoisotopic (exact) mass is 412 g/mol. The molecule has 3 amide bonds. The van der Waals surface area contributed by atoms with Gasteiger partial charge in [0, 0.05) is 37.9 Å². The van der Waals surface area contributed by atoms with Gasteiger partial charge in [-0.3, -0.25) is 19.5 Å². The van der Waals surface area contributed by atoms with E-state index in [1.165, 1.54) is 16.8 Å². The molecule has 2 aromatic rings. The van der Waals surface area contributed by atoms with Crippen LogP contribution < -0.4 is 16.7 Å². The third-order valence-corrected chi connectivity index (χ3v) is 4.75. The third-order valence-electron chi connectivity index (χ3n) is 4.75. The standard InChI is InChI=1S/C20H24N6O4/c1-20(2,21)17(28)24-9-11-25(12-10-24)18(29)22-16-7-8-26(19(30)23-16)15-5-3-14(13-27)4-6-15/h3-8,13H,9-12,21H2,1-2H3,(H,22,23,29,30). The van der Waals surface area contributed by atoms with Gasteiger partial charge in [-0.2, -0.15) is 4.98 Å². The van der Waals surface area contributed by atoms with E-state index in [1.807, 2.05) is 0 Å². The first kappa shape index (κ1) is 21.2. The molecule has 3 N–H and O–H groups in total. The van der Waals surface area contributed by atoms with Crippen LogP contribution in [0.2, 0.25) is 0 Å². The minimum absolute atomic E-state index is 0.132. The predicted octanol–water partition coefficient (Wildman–Crippen LogP) is 0.458. The molecule has 0 aliphatic carbocycles. The zero-order valence-corrected chi connectivity index (χ0v) is 16.9. The molecule has 1 aromatic carbocycles. The van der Waals surface area contributed by atoms with Crippen LogP contribution in [0.3, 0.4) is 0 Å². The molecule has 2 heterocycles. The average molecular weight is 412 g/mol. The van der Waals surface area contributed by atoms with Crippen LogP contribution in [0.4, 0.5) is 10.6 Å². The number of nitrogens with two attached hydrogens (primary N) is 1. The normalized spacial score (nSPS) is 14.4. The second-order valence-electron chi connectivity index (χ2n) is 7.61. The van der Waals surface area contributed by atoms with E-state index in [-0.39, 0.29) is 11.7 Å². The number of rotatable bonds is 4. The maximum Gasteiger partial charge on any atom is 0.354 e. The van der Waals surface area contributed by atoms with Crippen molar-refractivity contribution in [2.75, 3.05) is 31.5 Å². The van der Waals surface area contributed by atoms with Gasteiger partial charge in [-0.05, 0) is 44.2 Å². The number of hydrogen-bond acceptors (Lipinski definition) is 6. The van der Waals surface area contributed by atoms with E-state index >= 15 is 0 Å². The fourth-order valence-corrected chi connectivity index (χ4v) is 3.09. The summed E-state index contributed by atoms with van der Waals surface area (Å²) in [4.78, 5) is 54.9. The molecule has 0 radical (unpaired) electrons. The molecule has 10 heteroatoms. The summed E-state index contributed by atoms with van der Waals surface area (Å²) >= 11 is 0. The van der Waals surface area contributed by atoms with Crippen molar-refractivity contribution in [2.45, 2.75) is 19.4 Å². The van der Waals surface area contributed by atoms with Crippen LogP contribution in [0.1, 0.15) is 24.2 Å². The summed E-state index contributed by atoms with van der Waals surface area (Å²) in [5, 5.41) is 2.61. The molecule has 3 rings (SSSR count). The number of piperazine rings is 1. The number of carbonyl (C=O) groups excluding carboxylic acids is 3. The molecule has 1 saturated heterocycles. The van der Waals surface area contributed by atoms with E-state index in [0.29, 0.717) is 37.4 Å². The minimum atomic E-state index is -0.953. The highest BCUT2D eigenvalue weighted by Crippen LogP contribution is 2.11. The second-order valence-corrected chi connectivity index (χ2v) is 7.61. The molecular weight excluding hydrogens is 388 g/mol. The number of urea groups is 1. The van der Waals surface area contributed by atoms with Gasteiger partial charge in [0.1, 0.15) is 12.1 Å². The smallest absolute Gasteiger partial charge is 0.338 e. The quantitative estimate of drug-likeness (QED) is 0.702. The van der Waals surface area contributed by atoms with Gasteiger partial charge in [0.25, 0.3) is 0 Å². The molecule has 0 unspecified atom stereocenters. The van der Waals surface area contributed by atoms with E-state index in [2.05, 4.69) is 10.3 Å². The van der Waals surface area contributed by atoms with Gasteiger partial charge in [-0.25, -0.2) is 9.59 Å². The first-order valence-electron chi connectivity index (χ1n) is 9.48. The summed E-state index contributed by atoms with van der Waals surface area (Å²) in [5.74, 6) is -0.0265. The highest BCUT2D eigenvalue weighted by molar-refractivity contribution is 5.89. The molecular formula is C20H24N6O4. The third kappa shape index (κ3) is 4.71. The van der Waals surface area contributed by atoms with E-state index in [0.717, 1.165) is 6.29 Å². The van der Waals surface area contributed by atoms with Crippen molar-refractivity contribution in [1.82, 2.24) is 19.4 Å². The lowest BCUT2D eigenvalue weighted by Crippen LogP contribution is -2.58. The van der Waals surface area contributed by atoms with Crippen LogP contribution in [0.25, 0.3) is 5.69 Å². The number of benzene rings is 1. The highest BCUT2D eigenvalue weighted by Gasteiger charge is 2.31. The highest BCUT2D eigenvalue weighted by atomic mass is 16.2. The number of amides is 3. The minimum Gasteiger partial charge on any atom is -0.338 e. The number of anilines is 1. The molecule has 0 spiro atoms. The molecule has 0 saturated carbocycles. The van der Waals surface area contributed by atoms with Crippen molar-refractivity contribution in [3.8, 4) is 5.69 Å². The molecule has 158 valence electrons. The zero-order valence-electron chi connectivity index (χ0n) is 16.9. The van der Waals surface area contributed by atoms with Crippen molar-refractivity contribution in [1.29, 1.82) is 0 Å². The van der Waals surface area contributed by atoms with Crippen molar-refractivity contribution in [3.63, 3.8) is 0 Å². The predicted molar refractivity (Wildman–Crippen MR) is 111 cm³/mol. The summed E-state index contributed by atoms with van der Waals surface area (Å²) in [5.41, 5.74) is 5.39. The lowest BCUT2D eigenvalue weighted by molar-refractivity contribution is -0.137. The van der Waals surface area contributed by atoms with E-state index in [9.17, 15) is 19.2 Å². The van der Waals surface area contributed by atoms with Crippen molar-refractivity contribution in [3.05, 3.63) is 52.6 Å². The van der Waals surface area contributed by atoms with Gasteiger partial charge in [0.15, 0.2) is 0 Å². The number of nitrogens with one attached hydrogen (secondary N) is 1. The molecule has 1 aliphatic rings. The first-order chi connectivity index (χ1) is 14.2. The molecule has 10 nitrogen and oxygen atoms in total. The van der Waals surface area contributed by atoms with Crippen molar-refractivity contribution in [2.24, 2.45) is 5.73 Å². The zero-order chi connectivity index (χ0) is 21.9. The molecule has 30 heavy (non-hydrogen) atoms. The summed E-state index contributed by atoms with van der Waals surface area (Å²) in [6.45, 7) is 4.79.